The molecule has 42 heavy (non-hydrogen) atoms. The third-order valence-corrected chi connectivity index (χ3v) is 7.81. The number of benzene rings is 2. The lowest BCUT2D eigenvalue weighted by Gasteiger charge is -2.34. The summed E-state index contributed by atoms with van der Waals surface area (Å²) in [6.07, 6.45) is -2.53. The fourth-order valence-electron chi connectivity index (χ4n) is 5.76. The van der Waals surface area contributed by atoms with E-state index in [0.717, 1.165) is 17.8 Å². The van der Waals surface area contributed by atoms with E-state index in [1.54, 1.807) is 23.1 Å². The fraction of sp³-hybridized carbons (Fsp3) is 0.345. The molecule has 2 aromatic heterocycles. The highest BCUT2D eigenvalue weighted by Gasteiger charge is 2.40. The molecule has 1 aliphatic carbocycles. The average Bonchev–Trinajstić information content (AvgIpc) is 3.28. The first-order valence-electron chi connectivity index (χ1n) is 13.3. The van der Waals surface area contributed by atoms with Crippen LogP contribution in [0, 0.1) is 17.5 Å². The minimum atomic E-state index is -4.76. The SMILES string of the molecule is COc1ccc2c(c1)CCCc1c-2nc2c(C(=O)N3CCN(Cc4cc(F)cc(F)c4F)CC3)cnn2c1C(F)(F)F. The van der Waals surface area contributed by atoms with Gasteiger partial charge < -0.3 is 9.64 Å². The van der Waals surface area contributed by atoms with E-state index >= 15 is 0 Å². The third-order valence-electron chi connectivity index (χ3n) is 7.81. The van der Waals surface area contributed by atoms with Gasteiger partial charge in [0.1, 0.15) is 17.1 Å². The van der Waals surface area contributed by atoms with Crippen LogP contribution >= 0.6 is 0 Å². The largest absolute Gasteiger partial charge is 0.497 e. The van der Waals surface area contributed by atoms with Gasteiger partial charge in [0.15, 0.2) is 23.0 Å². The van der Waals surface area contributed by atoms with E-state index in [0.29, 0.717) is 34.7 Å². The Morgan fingerprint density at radius 2 is 1.79 bits per heavy atom. The predicted octanol–water partition coefficient (Wildman–Crippen LogP) is 5.29. The van der Waals surface area contributed by atoms with Gasteiger partial charge in [0.05, 0.1) is 19.0 Å². The molecule has 1 fully saturated rings. The molecule has 3 heterocycles. The molecule has 0 bridgehead atoms. The van der Waals surface area contributed by atoms with Crippen molar-refractivity contribution in [1.82, 2.24) is 24.4 Å². The van der Waals surface area contributed by atoms with Gasteiger partial charge in [-0.3, -0.25) is 9.69 Å². The number of nitrogens with zero attached hydrogens (tertiary/aromatic N) is 5. The van der Waals surface area contributed by atoms with Gasteiger partial charge in [0, 0.05) is 55.5 Å². The zero-order valence-electron chi connectivity index (χ0n) is 22.4. The Balaban J connectivity index is 1.32. The van der Waals surface area contributed by atoms with Crippen LogP contribution in [-0.4, -0.2) is 63.6 Å². The minimum Gasteiger partial charge on any atom is -0.497 e. The lowest BCUT2D eigenvalue weighted by atomic mass is 10.00. The van der Waals surface area contributed by atoms with E-state index in [1.807, 2.05) is 0 Å². The Hall–Kier alpha value is -4.13. The number of aromatic nitrogens is 3. The first-order chi connectivity index (χ1) is 20.0. The number of piperazine rings is 1. The summed E-state index contributed by atoms with van der Waals surface area (Å²) in [6.45, 7) is 0.777. The summed E-state index contributed by atoms with van der Waals surface area (Å²) < 4.78 is 90.9. The van der Waals surface area contributed by atoms with Crippen LogP contribution in [0.15, 0.2) is 36.5 Å². The number of amides is 1. The van der Waals surface area contributed by atoms with Crippen molar-refractivity contribution in [3.05, 3.63) is 81.9 Å². The highest BCUT2D eigenvalue weighted by Crippen LogP contribution is 2.41. The monoisotopic (exact) mass is 589 g/mol. The Labute approximate surface area is 236 Å². The molecule has 2 aromatic carbocycles. The number of fused-ring (bicyclic) bond motifs is 4. The van der Waals surface area contributed by atoms with Crippen molar-refractivity contribution in [2.24, 2.45) is 0 Å². The molecular formula is C29H25F6N5O2. The van der Waals surface area contributed by atoms with Gasteiger partial charge in [0.2, 0.25) is 0 Å². The van der Waals surface area contributed by atoms with E-state index in [-0.39, 0.29) is 67.2 Å². The maximum absolute atomic E-state index is 14.5. The minimum absolute atomic E-state index is 0.0237. The van der Waals surface area contributed by atoms with E-state index in [2.05, 4.69) is 10.1 Å². The summed E-state index contributed by atoms with van der Waals surface area (Å²) in [6, 6.07) is 6.54. The second-order valence-corrected chi connectivity index (χ2v) is 10.4. The van der Waals surface area contributed by atoms with Crippen molar-refractivity contribution in [2.45, 2.75) is 32.0 Å². The van der Waals surface area contributed by atoms with Crippen LogP contribution in [0.5, 0.6) is 5.75 Å². The van der Waals surface area contributed by atoms with Crippen LogP contribution in [0.4, 0.5) is 26.3 Å². The van der Waals surface area contributed by atoms with Gasteiger partial charge in [0.25, 0.3) is 5.91 Å². The molecule has 0 radical (unpaired) electrons. The smallest absolute Gasteiger partial charge is 0.433 e. The first-order valence-corrected chi connectivity index (χ1v) is 13.3. The molecule has 6 rings (SSSR count). The van der Waals surface area contributed by atoms with E-state index < -0.39 is 35.2 Å². The van der Waals surface area contributed by atoms with Gasteiger partial charge >= 0.3 is 6.18 Å². The summed E-state index contributed by atoms with van der Waals surface area (Å²) in [5, 5.41) is 3.96. The number of carbonyl (C=O) groups is 1. The first kappa shape index (κ1) is 28.0. The number of rotatable bonds is 4. The Morgan fingerprint density at radius 1 is 1.02 bits per heavy atom. The Kier molecular flexibility index (Phi) is 7.08. The standard InChI is InChI=1S/C29H25F6N5O2/c1-42-19-5-6-20-16(12-19)3-2-4-21-25(20)37-27-22(14-36-40(27)26(21)29(33,34)35)28(41)39-9-7-38(8-10-39)15-17-11-18(30)13-23(31)24(17)32/h5-6,11-14H,2-4,7-10,15H2,1H3. The molecular weight excluding hydrogens is 564 g/mol. The maximum Gasteiger partial charge on any atom is 0.433 e. The molecule has 13 heteroatoms. The maximum atomic E-state index is 14.5. The number of ether oxygens (including phenoxy) is 1. The van der Waals surface area contributed by atoms with E-state index in [1.165, 1.54) is 12.0 Å². The number of hydrogen-bond acceptors (Lipinski definition) is 5. The molecule has 4 aromatic rings. The molecule has 2 aliphatic rings. The average molecular weight is 590 g/mol. The molecule has 220 valence electrons. The molecule has 1 saturated heterocycles. The molecule has 0 spiro atoms. The number of hydrogen-bond donors (Lipinski definition) is 0. The Morgan fingerprint density at radius 3 is 2.50 bits per heavy atom. The zero-order chi connectivity index (χ0) is 29.8. The molecule has 0 unspecified atom stereocenters. The van der Waals surface area contributed by atoms with Crippen LogP contribution in [0.3, 0.4) is 0 Å². The van der Waals surface area contributed by atoms with Crippen LogP contribution < -0.4 is 4.74 Å². The summed E-state index contributed by atoms with van der Waals surface area (Å²) in [7, 11) is 1.51. The summed E-state index contributed by atoms with van der Waals surface area (Å²) in [5.41, 5.74) is 0.159. The van der Waals surface area contributed by atoms with Gasteiger partial charge in [-0.15, -0.1) is 0 Å². The van der Waals surface area contributed by atoms with Crippen LogP contribution in [-0.2, 0) is 25.6 Å². The molecule has 1 aliphatic heterocycles. The van der Waals surface area contributed by atoms with Crippen LogP contribution in [0.2, 0.25) is 0 Å². The van der Waals surface area contributed by atoms with Crippen LogP contribution in [0.25, 0.3) is 16.9 Å². The van der Waals surface area contributed by atoms with E-state index in [4.69, 9.17) is 4.74 Å². The number of halogens is 6. The van der Waals surface area contributed by atoms with Gasteiger partial charge in [-0.2, -0.15) is 18.3 Å². The summed E-state index contributed by atoms with van der Waals surface area (Å²) in [4.78, 5) is 21.4. The lowest BCUT2D eigenvalue weighted by Crippen LogP contribution is -2.48. The molecule has 7 nitrogen and oxygen atoms in total. The topological polar surface area (TPSA) is 63.0 Å². The quantitative estimate of drug-likeness (QED) is 0.239. The lowest BCUT2D eigenvalue weighted by molar-refractivity contribution is -0.143. The Bertz CT molecular complexity index is 1690. The predicted molar refractivity (Wildman–Crippen MR) is 139 cm³/mol. The molecule has 0 atom stereocenters. The van der Waals surface area contributed by atoms with Crippen LogP contribution in [0.1, 0.15) is 39.2 Å². The van der Waals surface area contributed by atoms with Crippen molar-refractivity contribution >= 4 is 11.6 Å². The molecule has 1 amide bonds. The number of methoxy groups -OCH3 is 1. The van der Waals surface area contributed by atoms with Crippen molar-refractivity contribution in [1.29, 1.82) is 0 Å². The molecule has 0 saturated carbocycles. The van der Waals surface area contributed by atoms with Gasteiger partial charge in [-0.1, -0.05) is 0 Å². The summed E-state index contributed by atoms with van der Waals surface area (Å²) in [5.74, 6) is -3.27. The second kappa shape index (κ2) is 10.6. The van der Waals surface area contributed by atoms with Crippen molar-refractivity contribution in [3.63, 3.8) is 0 Å². The number of alkyl halides is 3. The number of aryl methyl sites for hydroxylation is 1. The fourth-order valence-corrected chi connectivity index (χ4v) is 5.76. The van der Waals surface area contributed by atoms with Gasteiger partial charge in [-0.05, 0) is 49.1 Å². The second-order valence-electron chi connectivity index (χ2n) is 10.4. The zero-order valence-corrected chi connectivity index (χ0v) is 22.4. The van der Waals surface area contributed by atoms with Crippen molar-refractivity contribution in [2.75, 3.05) is 33.3 Å². The van der Waals surface area contributed by atoms with Gasteiger partial charge in [-0.25, -0.2) is 22.7 Å². The van der Waals surface area contributed by atoms with Crippen molar-refractivity contribution < 1.29 is 35.9 Å². The highest BCUT2D eigenvalue weighted by atomic mass is 19.4. The van der Waals surface area contributed by atoms with E-state index in [9.17, 15) is 31.1 Å². The summed E-state index contributed by atoms with van der Waals surface area (Å²) >= 11 is 0. The van der Waals surface area contributed by atoms with Crippen molar-refractivity contribution in [3.8, 4) is 17.0 Å². The third kappa shape index (κ3) is 4.95. The molecule has 0 N–H and O–H groups in total. The normalized spacial score (nSPS) is 15.8. The number of carbonyl (C=O) groups excluding carboxylic acids is 1. The highest BCUT2D eigenvalue weighted by molar-refractivity contribution is 6.00.